The number of anilines is 1. The highest BCUT2D eigenvalue weighted by Crippen LogP contribution is 2.20. The van der Waals surface area contributed by atoms with E-state index in [0.29, 0.717) is 6.42 Å². The molecule has 0 bridgehead atoms. The van der Waals surface area contributed by atoms with Crippen molar-refractivity contribution >= 4 is 27.5 Å². The highest BCUT2D eigenvalue weighted by molar-refractivity contribution is 9.10. The number of benzene rings is 2. The number of carbonyl (C=O) groups is 1. The van der Waals surface area contributed by atoms with Crippen molar-refractivity contribution in [2.45, 2.75) is 33.1 Å². The van der Waals surface area contributed by atoms with Crippen LogP contribution >= 0.6 is 15.9 Å². The van der Waals surface area contributed by atoms with E-state index in [1.54, 1.807) is 0 Å². The minimum absolute atomic E-state index is 0.0675. The predicted molar refractivity (Wildman–Crippen MR) is 91.6 cm³/mol. The number of halogens is 1. The van der Waals surface area contributed by atoms with E-state index in [1.165, 1.54) is 11.1 Å². The van der Waals surface area contributed by atoms with E-state index in [9.17, 15) is 4.79 Å². The number of carbonyl (C=O) groups excluding carboxylic acids is 1. The van der Waals surface area contributed by atoms with E-state index in [2.05, 4.69) is 52.4 Å². The zero-order valence-corrected chi connectivity index (χ0v) is 14.0. The van der Waals surface area contributed by atoms with E-state index >= 15 is 0 Å². The fourth-order valence-electron chi connectivity index (χ4n) is 2.10. The zero-order chi connectivity index (χ0) is 15.2. The lowest BCUT2D eigenvalue weighted by Crippen LogP contribution is -2.11. The molecule has 2 nitrogen and oxygen atoms in total. The van der Waals surface area contributed by atoms with Crippen LogP contribution in [-0.2, 0) is 11.2 Å². The Morgan fingerprint density at radius 3 is 2.48 bits per heavy atom. The van der Waals surface area contributed by atoms with Gasteiger partial charge in [0.2, 0.25) is 5.91 Å². The maximum absolute atomic E-state index is 11.9. The molecule has 0 saturated heterocycles. The molecule has 0 radical (unpaired) electrons. The Hall–Kier alpha value is -1.61. The number of hydrogen-bond donors (Lipinski definition) is 1. The first kappa shape index (κ1) is 15.8. The topological polar surface area (TPSA) is 29.1 Å². The maximum atomic E-state index is 11.9. The van der Waals surface area contributed by atoms with Crippen molar-refractivity contribution in [2.75, 3.05) is 5.32 Å². The molecule has 0 aromatic heterocycles. The molecule has 0 fully saturated rings. The molecule has 0 heterocycles. The highest BCUT2D eigenvalue weighted by atomic mass is 79.9. The molecule has 0 aliphatic carbocycles. The van der Waals surface area contributed by atoms with Crippen LogP contribution in [-0.4, -0.2) is 5.91 Å². The van der Waals surface area contributed by atoms with Crippen LogP contribution in [0.15, 0.2) is 46.9 Å². The molecule has 0 spiro atoms. The average Bonchev–Trinajstić information content (AvgIpc) is 2.45. The molecule has 3 heteroatoms. The summed E-state index contributed by atoms with van der Waals surface area (Å²) in [7, 11) is 0. The van der Waals surface area contributed by atoms with Crippen LogP contribution in [0.4, 0.5) is 5.69 Å². The lowest BCUT2D eigenvalue weighted by molar-refractivity contribution is -0.116. The molecule has 0 unspecified atom stereocenters. The predicted octanol–water partition coefficient (Wildman–Crippen LogP) is 5.03. The Bertz CT molecular complexity index is 620. The molecule has 21 heavy (non-hydrogen) atoms. The van der Waals surface area contributed by atoms with Gasteiger partial charge in [0.1, 0.15) is 0 Å². The molecular formula is C18H20BrNO. The number of nitrogens with one attached hydrogen (secondary N) is 1. The van der Waals surface area contributed by atoms with Crippen molar-refractivity contribution in [2.24, 2.45) is 0 Å². The molecule has 2 aromatic carbocycles. The van der Waals surface area contributed by atoms with E-state index in [0.717, 1.165) is 28.6 Å². The summed E-state index contributed by atoms with van der Waals surface area (Å²) in [4.78, 5) is 11.9. The molecule has 0 atom stereocenters. The number of aryl methyl sites for hydroxylation is 3. The van der Waals surface area contributed by atoms with Crippen molar-refractivity contribution in [3.8, 4) is 0 Å². The smallest absolute Gasteiger partial charge is 0.224 e. The van der Waals surface area contributed by atoms with E-state index < -0.39 is 0 Å². The maximum Gasteiger partial charge on any atom is 0.224 e. The first-order chi connectivity index (χ1) is 10.0. The van der Waals surface area contributed by atoms with Gasteiger partial charge in [0.15, 0.2) is 0 Å². The Morgan fingerprint density at radius 2 is 1.81 bits per heavy atom. The second kappa shape index (κ2) is 7.41. The molecule has 1 N–H and O–H groups in total. The number of hydrogen-bond acceptors (Lipinski definition) is 1. The summed E-state index contributed by atoms with van der Waals surface area (Å²) in [6.07, 6.45) is 2.34. The Kier molecular flexibility index (Phi) is 5.57. The van der Waals surface area contributed by atoms with E-state index in [4.69, 9.17) is 0 Å². The van der Waals surface area contributed by atoms with Crippen molar-refractivity contribution in [1.29, 1.82) is 0 Å². The minimum Gasteiger partial charge on any atom is -0.326 e. The summed E-state index contributed by atoms with van der Waals surface area (Å²) in [6.45, 7) is 4.11. The van der Waals surface area contributed by atoms with Crippen molar-refractivity contribution in [3.63, 3.8) is 0 Å². The van der Waals surface area contributed by atoms with Crippen molar-refractivity contribution < 1.29 is 4.79 Å². The van der Waals surface area contributed by atoms with Crippen LogP contribution in [0.5, 0.6) is 0 Å². The monoisotopic (exact) mass is 345 g/mol. The average molecular weight is 346 g/mol. The summed E-state index contributed by atoms with van der Waals surface area (Å²) in [6, 6.07) is 14.3. The molecule has 2 aromatic rings. The van der Waals surface area contributed by atoms with Gasteiger partial charge in [0, 0.05) is 16.6 Å². The molecule has 110 valence electrons. The summed E-state index contributed by atoms with van der Waals surface area (Å²) < 4.78 is 1.01. The van der Waals surface area contributed by atoms with Crippen LogP contribution in [0.2, 0.25) is 0 Å². The van der Waals surface area contributed by atoms with Gasteiger partial charge in [0.05, 0.1) is 0 Å². The SMILES string of the molecule is Cc1ccc(CCCC(=O)Nc2ccc(C)c(Br)c2)cc1. The molecule has 0 aliphatic rings. The standard InChI is InChI=1S/C18H20BrNO/c1-13-6-9-15(10-7-13)4-3-5-18(21)20-16-11-8-14(2)17(19)12-16/h6-12H,3-5H2,1-2H3,(H,20,21). The third-order valence-corrected chi connectivity index (χ3v) is 4.30. The van der Waals surface area contributed by atoms with Crippen molar-refractivity contribution in [1.82, 2.24) is 0 Å². The lowest BCUT2D eigenvalue weighted by Gasteiger charge is -2.07. The zero-order valence-electron chi connectivity index (χ0n) is 12.4. The molecular weight excluding hydrogens is 326 g/mol. The second-order valence-corrected chi connectivity index (χ2v) is 6.21. The van der Waals surface area contributed by atoms with Gasteiger partial charge >= 0.3 is 0 Å². The lowest BCUT2D eigenvalue weighted by atomic mass is 10.1. The fourth-order valence-corrected chi connectivity index (χ4v) is 2.48. The highest BCUT2D eigenvalue weighted by Gasteiger charge is 2.04. The Balaban J connectivity index is 1.79. The van der Waals surface area contributed by atoms with Gasteiger partial charge < -0.3 is 5.32 Å². The summed E-state index contributed by atoms with van der Waals surface area (Å²) in [5.41, 5.74) is 4.55. The minimum atomic E-state index is 0.0675. The summed E-state index contributed by atoms with van der Waals surface area (Å²) in [5.74, 6) is 0.0675. The first-order valence-corrected chi connectivity index (χ1v) is 7.95. The first-order valence-electron chi connectivity index (χ1n) is 7.16. The molecule has 2 rings (SSSR count). The summed E-state index contributed by atoms with van der Waals surface area (Å²) in [5, 5.41) is 2.94. The second-order valence-electron chi connectivity index (χ2n) is 5.35. The number of rotatable bonds is 5. The van der Waals surface area contributed by atoms with E-state index in [-0.39, 0.29) is 5.91 Å². The van der Waals surface area contributed by atoms with Gasteiger partial charge in [-0.1, -0.05) is 51.8 Å². The quantitative estimate of drug-likeness (QED) is 0.809. The van der Waals surface area contributed by atoms with Crippen LogP contribution in [0, 0.1) is 13.8 Å². The number of amides is 1. The molecule has 0 saturated carbocycles. The Labute approximate surface area is 134 Å². The summed E-state index contributed by atoms with van der Waals surface area (Å²) >= 11 is 3.47. The van der Waals surface area contributed by atoms with Crippen molar-refractivity contribution in [3.05, 3.63) is 63.6 Å². The van der Waals surface area contributed by atoms with Gasteiger partial charge in [-0.2, -0.15) is 0 Å². The Morgan fingerprint density at radius 1 is 1.10 bits per heavy atom. The van der Waals surface area contributed by atoms with Crippen LogP contribution in [0.25, 0.3) is 0 Å². The van der Waals surface area contributed by atoms with Crippen LogP contribution < -0.4 is 5.32 Å². The largest absolute Gasteiger partial charge is 0.326 e. The van der Waals surface area contributed by atoms with Crippen LogP contribution in [0.3, 0.4) is 0 Å². The molecule has 0 aliphatic heterocycles. The third kappa shape index (κ3) is 5.01. The van der Waals surface area contributed by atoms with Gasteiger partial charge in [-0.25, -0.2) is 0 Å². The van der Waals surface area contributed by atoms with Gasteiger partial charge in [0.25, 0.3) is 0 Å². The fraction of sp³-hybridized carbons (Fsp3) is 0.278. The van der Waals surface area contributed by atoms with E-state index in [1.807, 2.05) is 25.1 Å². The third-order valence-electron chi connectivity index (χ3n) is 3.45. The van der Waals surface area contributed by atoms with Crippen LogP contribution in [0.1, 0.15) is 29.5 Å². The van der Waals surface area contributed by atoms with Gasteiger partial charge in [-0.15, -0.1) is 0 Å². The van der Waals surface area contributed by atoms with Gasteiger partial charge in [-0.05, 0) is 49.9 Å². The normalized spacial score (nSPS) is 10.4. The van der Waals surface area contributed by atoms with Gasteiger partial charge in [-0.3, -0.25) is 4.79 Å². The molecule has 1 amide bonds.